The standard InChI is InChI=1S/C12H19N5O2S/c1-4-16(2)12-15-9(13)8(20-12)10(18)14-7-5-6-17(3)11(7)19/h7H,4-6,13H2,1-3H3,(H,14,18). The van der Waals surface area contributed by atoms with Crippen LogP contribution in [-0.2, 0) is 4.79 Å². The predicted molar refractivity (Wildman–Crippen MR) is 79.0 cm³/mol. The first kappa shape index (κ1) is 14.6. The van der Waals surface area contributed by atoms with Crippen molar-refractivity contribution >= 4 is 34.1 Å². The largest absolute Gasteiger partial charge is 0.382 e. The molecule has 2 rings (SSSR count). The zero-order valence-corrected chi connectivity index (χ0v) is 12.7. The molecule has 0 radical (unpaired) electrons. The number of carbonyl (C=O) groups excluding carboxylic acids is 2. The van der Waals surface area contributed by atoms with Crippen LogP contribution < -0.4 is 16.0 Å². The van der Waals surface area contributed by atoms with E-state index in [2.05, 4.69) is 10.3 Å². The second kappa shape index (κ2) is 5.66. The quantitative estimate of drug-likeness (QED) is 0.825. The Balaban J connectivity index is 2.10. The molecule has 1 aliphatic heterocycles. The normalized spacial score (nSPS) is 18.4. The molecule has 1 aromatic heterocycles. The number of nitrogens with zero attached hydrogens (tertiary/aromatic N) is 3. The summed E-state index contributed by atoms with van der Waals surface area (Å²) >= 11 is 1.24. The Hall–Kier alpha value is -1.83. The first-order valence-corrected chi connectivity index (χ1v) is 7.29. The fraction of sp³-hybridized carbons (Fsp3) is 0.583. The summed E-state index contributed by atoms with van der Waals surface area (Å²) in [5.41, 5.74) is 5.79. The molecule has 2 amide bonds. The highest BCUT2D eigenvalue weighted by Gasteiger charge is 2.31. The van der Waals surface area contributed by atoms with Crippen molar-refractivity contribution in [2.24, 2.45) is 0 Å². The summed E-state index contributed by atoms with van der Waals surface area (Å²) in [4.78, 5) is 32.0. The SMILES string of the molecule is CCN(C)c1nc(N)c(C(=O)NC2CCN(C)C2=O)s1. The number of carbonyl (C=O) groups is 2. The zero-order valence-electron chi connectivity index (χ0n) is 11.8. The highest BCUT2D eigenvalue weighted by molar-refractivity contribution is 7.18. The Morgan fingerprint density at radius 3 is 2.90 bits per heavy atom. The lowest BCUT2D eigenvalue weighted by atomic mass is 10.2. The van der Waals surface area contributed by atoms with E-state index in [-0.39, 0.29) is 17.6 Å². The van der Waals surface area contributed by atoms with Crippen molar-refractivity contribution in [2.45, 2.75) is 19.4 Å². The topological polar surface area (TPSA) is 91.6 Å². The zero-order chi connectivity index (χ0) is 14.9. The number of rotatable bonds is 4. The van der Waals surface area contributed by atoms with Crippen molar-refractivity contribution in [3.05, 3.63) is 4.88 Å². The number of anilines is 2. The van der Waals surface area contributed by atoms with Gasteiger partial charge in [-0.05, 0) is 13.3 Å². The Bertz CT molecular complexity index is 530. The minimum absolute atomic E-state index is 0.0627. The highest BCUT2D eigenvalue weighted by Crippen LogP contribution is 2.27. The summed E-state index contributed by atoms with van der Waals surface area (Å²) < 4.78 is 0. The number of nitrogens with one attached hydrogen (secondary N) is 1. The molecule has 1 atom stereocenters. The summed E-state index contributed by atoms with van der Waals surface area (Å²) in [5.74, 6) is -0.182. The van der Waals surface area contributed by atoms with Gasteiger partial charge in [-0.2, -0.15) is 0 Å². The number of likely N-dealkylation sites (N-methyl/N-ethyl adjacent to an activating group) is 1. The van der Waals surface area contributed by atoms with Crippen LogP contribution in [0.15, 0.2) is 0 Å². The Morgan fingerprint density at radius 2 is 2.35 bits per heavy atom. The lowest BCUT2D eigenvalue weighted by Gasteiger charge is -2.12. The lowest BCUT2D eigenvalue weighted by Crippen LogP contribution is -2.40. The molecular weight excluding hydrogens is 278 g/mol. The van der Waals surface area contributed by atoms with Gasteiger partial charge < -0.3 is 20.9 Å². The maximum absolute atomic E-state index is 12.2. The van der Waals surface area contributed by atoms with Gasteiger partial charge in [0.05, 0.1) is 0 Å². The van der Waals surface area contributed by atoms with Gasteiger partial charge in [-0.15, -0.1) is 0 Å². The number of amides is 2. The molecule has 1 aromatic rings. The number of nitrogens with two attached hydrogens (primary N) is 1. The molecule has 1 fully saturated rings. The number of likely N-dealkylation sites (tertiary alicyclic amines) is 1. The second-order valence-corrected chi connectivity index (χ2v) is 5.78. The molecule has 110 valence electrons. The minimum atomic E-state index is -0.457. The van der Waals surface area contributed by atoms with Gasteiger partial charge >= 0.3 is 0 Å². The predicted octanol–water partition coefficient (Wildman–Crippen LogP) is 0.142. The number of hydrogen-bond donors (Lipinski definition) is 2. The van der Waals surface area contributed by atoms with E-state index >= 15 is 0 Å². The summed E-state index contributed by atoms with van der Waals surface area (Å²) in [6.45, 7) is 3.43. The van der Waals surface area contributed by atoms with Crippen molar-refractivity contribution < 1.29 is 9.59 Å². The average molecular weight is 297 g/mol. The summed E-state index contributed by atoms with van der Waals surface area (Å²) in [6.07, 6.45) is 0.626. The molecule has 0 saturated carbocycles. The highest BCUT2D eigenvalue weighted by atomic mass is 32.1. The first-order valence-electron chi connectivity index (χ1n) is 6.47. The van der Waals surface area contributed by atoms with Gasteiger partial charge in [-0.1, -0.05) is 11.3 Å². The van der Waals surface area contributed by atoms with Gasteiger partial charge in [0, 0.05) is 27.2 Å². The van der Waals surface area contributed by atoms with E-state index in [9.17, 15) is 9.59 Å². The van der Waals surface area contributed by atoms with Crippen LogP contribution in [0.2, 0.25) is 0 Å². The molecule has 0 aliphatic carbocycles. The molecule has 3 N–H and O–H groups in total. The summed E-state index contributed by atoms with van der Waals surface area (Å²) in [7, 11) is 3.61. The monoisotopic (exact) mass is 297 g/mol. The van der Waals surface area contributed by atoms with Crippen LogP contribution in [0.3, 0.4) is 0 Å². The molecule has 20 heavy (non-hydrogen) atoms. The molecule has 1 saturated heterocycles. The number of hydrogen-bond acceptors (Lipinski definition) is 6. The van der Waals surface area contributed by atoms with Crippen LogP contribution in [0.25, 0.3) is 0 Å². The molecule has 0 aromatic carbocycles. The van der Waals surface area contributed by atoms with Crippen molar-refractivity contribution in [1.82, 2.24) is 15.2 Å². The molecule has 0 spiro atoms. The van der Waals surface area contributed by atoms with E-state index in [1.165, 1.54) is 11.3 Å². The number of aromatic nitrogens is 1. The third kappa shape index (κ3) is 2.69. The van der Waals surface area contributed by atoms with Crippen LogP contribution in [-0.4, -0.2) is 54.9 Å². The average Bonchev–Trinajstić information content (AvgIpc) is 2.95. The second-order valence-electron chi connectivity index (χ2n) is 4.80. The molecule has 0 bridgehead atoms. The smallest absolute Gasteiger partial charge is 0.265 e. The van der Waals surface area contributed by atoms with E-state index in [1.54, 1.807) is 11.9 Å². The van der Waals surface area contributed by atoms with E-state index in [0.29, 0.717) is 23.0 Å². The van der Waals surface area contributed by atoms with Crippen LogP contribution in [0.4, 0.5) is 10.9 Å². The van der Waals surface area contributed by atoms with E-state index in [0.717, 1.165) is 6.54 Å². The fourth-order valence-corrected chi connectivity index (χ4v) is 2.87. The van der Waals surface area contributed by atoms with Gasteiger partial charge in [-0.3, -0.25) is 9.59 Å². The molecule has 1 aliphatic rings. The Morgan fingerprint density at radius 1 is 1.65 bits per heavy atom. The van der Waals surface area contributed by atoms with E-state index in [1.807, 2.05) is 18.9 Å². The first-order chi connectivity index (χ1) is 9.43. The van der Waals surface area contributed by atoms with Gasteiger partial charge in [0.2, 0.25) is 5.91 Å². The van der Waals surface area contributed by atoms with Crippen molar-refractivity contribution in [3.8, 4) is 0 Å². The molecule has 1 unspecified atom stereocenters. The van der Waals surface area contributed by atoms with Crippen LogP contribution in [0, 0.1) is 0 Å². The van der Waals surface area contributed by atoms with Gasteiger partial charge in [-0.25, -0.2) is 4.98 Å². The van der Waals surface area contributed by atoms with Crippen LogP contribution in [0.1, 0.15) is 23.0 Å². The summed E-state index contributed by atoms with van der Waals surface area (Å²) in [5, 5.41) is 3.43. The van der Waals surface area contributed by atoms with Crippen LogP contribution >= 0.6 is 11.3 Å². The third-order valence-electron chi connectivity index (χ3n) is 3.38. The van der Waals surface area contributed by atoms with Gasteiger partial charge in [0.15, 0.2) is 5.13 Å². The maximum atomic E-state index is 12.2. The van der Waals surface area contributed by atoms with Crippen molar-refractivity contribution in [3.63, 3.8) is 0 Å². The minimum Gasteiger partial charge on any atom is -0.382 e. The summed E-state index contributed by atoms with van der Waals surface area (Å²) in [6, 6.07) is -0.457. The third-order valence-corrected chi connectivity index (χ3v) is 4.57. The maximum Gasteiger partial charge on any atom is 0.265 e. The molecule has 8 heteroatoms. The van der Waals surface area contributed by atoms with Gasteiger partial charge in [0.25, 0.3) is 5.91 Å². The fourth-order valence-electron chi connectivity index (χ4n) is 1.96. The van der Waals surface area contributed by atoms with Crippen molar-refractivity contribution in [2.75, 3.05) is 37.8 Å². The van der Waals surface area contributed by atoms with Crippen molar-refractivity contribution in [1.29, 1.82) is 0 Å². The van der Waals surface area contributed by atoms with Crippen LogP contribution in [0.5, 0.6) is 0 Å². The molecular formula is C12H19N5O2S. The van der Waals surface area contributed by atoms with Gasteiger partial charge in [0.1, 0.15) is 16.7 Å². The Labute approximate surface area is 121 Å². The number of nitrogen functional groups attached to an aromatic ring is 1. The molecule has 2 heterocycles. The number of thiazole rings is 1. The van der Waals surface area contributed by atoms with E-state index in [4.69, 9.17) is 5.73 Å². The lowest BCUT2D eigenvalue weighted by molar-refractivity contribution is -0.128. The van der Waals surface area contributed by atoms with E-state index < -0.39 is 6.04 Å². The Kier molecular flexibility index (Phi) is 4.12. The molecule has 7 nitrogen and oxygen atoms in total.